The average molecular weight is 611 g/mol. The summed E-state index contributed by atoms with van der Waals surface area (Å²) in [6.07, 6.45) is 0. The first-order chi connectivity index (χ1) is 23.7. The number of hydrogen-bond donors (Lipinski definition) is 0. The molecule has 0 aliphatic heterocycles. The molecule has 0 N–H and O–H groups in total. The van der Waals surface area contributed by atoms with Gasteiger partial charge in [0.05, 0.1) is 45.0 Å². The summed E-state index contributed by atoms with van der Waals surface area (Å²) in [6, 6.07) is 58.8. The van der Waals surface area contributed by atoms with Gasteiger partial charge in [-0.05, 0) is 65.7 Å². The van der Waals surface area contributed by atoms with Crippen molar-refractivity contribution in [3.05, 3.63) is 169 Å². The van der Waals surface area contributed by atoms with E-state index < -0.39 is 0 Å². The Bertz CT molecular complexity index is 2710. The summed E-state index contributed by atoms with van der Waals surface area (Å²) in [6.45, 7) is 0. The van der Waals surface area contributed by atoms with Crippen molar-refractivity contribution in [1.29, 1.82) is 10.5 Å². The zero-order valence-corrected chi connectivity index (χ0v) is 25.8. The molecule has 0 saturated carbocycles. The van der Waals surface area contributed by atoms with Crippen LogP contribution in [0.4, 0.5) is 0 Å². The van der Waals surface area contributed by atoms with Crippen molar-refractivity contribution >= 4 is 43.6 Å². The van der Waals surface area contributed by atoms with Crippen LogP contribution in [0.1, 0.15) is 11.1 Å². The van der Waals surface area contributed by atoms with Crippen LogP contribution in [0.25, 0.3) is 77.2 Å². The van der Waals surface area contributed by atoms with Crippen LogP contribution in [0.3, 0.4) is 0 Å². The number of nitrogens with zero attached hydrogens (tertiary/aromatic N) is 4. The molecule has 0 amide bonds. The minimum absolute atomic E-state index is 0.582. The van der Waals surface area contributed by atoms with E-state index in [1.807, 2.05) is 36.4 Å². The van der Waals surface area contributed by atoms with E-state index in [-0.39, 0.29) is 0 Å². The molecular weight excluding hydrogens is 585 g/mol. The Balaban J connectivity index is 1.27. The van der Waals surface area contributed by atoms with Crippen LogP contribution < -0.4 is 0 Å². The standard InChI is InChI=1S/C44H26N4/c45-27-31-24-23-30(34-18-10-12-32(28-46)44(34)48-42-21-7-3-16-37(42)38-17-4-8-22-43(38)48)26-39(31)29-11-9-13-33(25-29)47-40-19-5-1-14-35(40)36-15-2-6-20-41(36)47/h1-26H. The van der Waals surface area contributed by atoms with E-state index in [1.165, 1.54) is 10.8 Å². The van der Waals surface area contributed by atoms with Crippen molar-refractivity contribution in [3.8, 4) is 45.8 Å². The molecule has 2 heterocycles. The summed E-state index contributed by atoms with van der Waals surface area (Å²) in [5, 5.41) is 25.4. The number of fused-ring (bicyclic) bond motifs is 6. The molecule has 7 aromatic carbocycles. The third kappa shape index (κ3) is 4.07. The molecule has 0 radical (unpaired) electrons. The van der Waals surface area contributed by atoms with Crippen LogP contribution in [-0.4, -0.2) is 9.13 Å². The van der Waals surface area contributed by atoms with Gasteiger partial charge in [0.25, 0.3) is 0 Å². The van der Waals surface area contributed by atoms with E-state index in [0.717, 1.165) is 66.5 Å². The highest BCUT2D eigenvalue weighted by atomic mass is 15.0. The first-order valence-electron chi connectivity index (χ1n) is 15.9. The van der Waals surface area contributed by atoms with Crippen molar-refractivity contribution in [2.75, 3.05) is 0 Å². The van der Waals surface area contributed by atoms with E-state index in [9.17, 15) is 10.5 Å². The molecule has 0 bridgehead atoms. The molecule has 4 nitrogen and oxygen atoms in total. The molecule has 9 aromatic rings. The van der Waals surface area contributed by atoms with E-state index in [2.05, 4.69) is 143 Å². The second-order valence-corrected chi connectivity index (χ2v) is 12.0. The molecule has 0 fully saturated rings. The number of aromatic nitrogens is 2. The van der Waals surface area contributed by atoms with E-state index >= 15 is 0 Å². The van der Waals surface area contributed by atoms with Crippen molar-refractivity contribution in [2.45, 2.75) is 0 Å². The first-order valence-corrected chi connectivity index (χ1v) is 15.9. The van der Waals surface area contributed by atoms with Gasteiger partial charge >= 0.3 is 0 Å². The van der Waals surface area contributed by atoms with Gasteiger partial charge in [0.1, 0.15) is 6.07 Å². The molecule has 48 heavy (non-hydrogen) atoms. The largest absolute Gasteiger partial charge is 0.309 e. The van der Waals surface area contributed by atoms with Crippen molar-refractivity contribution in [2.24, 2.45) is 0 Å². The number of rotatable bonds is 4. The van der Waals surface area contributed by atoms with Crippen molar-refractivity contribution in [3.63, 3.8) is 0 Å². The summed E-state index contributed by atoms with van der Waals surface area (Å²) in [4.78, 5) is 0. The minimum Gasteiger partial charge on any atom is -0.309 e. The topological polar surface area (TPSA) is 57.4 Å². The Morgan fingerprint density at radius 2 is 0.875 bits per heavy atom. The molecule has 9 rings (SSSR count). The number of benzene rings is 7. The van der Waals surface area contributed by atoms with Crippen LogP contribution in [0.2, 0.25) is 0 Å². The zero-order valence-electron chi connectivity index (χ0n) is 25.8. The van der Waals surface area contributed by atoms with E-state index in [0.29, 0.717) is 11.1 Å². The van der Waals surface area contributed by atoms with Gasteiger partial charge in [-0.2, -0.15) is 10.5 Å². The lowest BCUT2D eigenvalue weighted by atomic mass is 9.93. The van der Waals surface area contributed by atoms with Gasteiger partial charge in [0.2, 0.25) is 0 Å². The Labute approximate surface area is 277 Å². The van der Waals surface area contributed by atoms with Gasteiger partial charge in [-0.1, -0.05) is 103 Å². The maximum atomic E-state index is 10.4. The fourth-order valence-corrected chi connectivity index (χ4v) is 7.33. The fourth-order valence-electron chi connectivity index (χ4n) is 7.33. The average Bonchev–Trinajstić information content (AvgIpc) is 3.67. The van der Waals surface area contributed by atoms with Crippen LogP contribution in [0, 0.1) is 22.7 Å². The lowest BCUT2D eigenvalue weighted by Crippen LogP contribution is -2.01. The number of para-hydroxylation sites is 5. The van der Waals surface area contributed by atoms with Gasteiger partial charge in [-0.15, -0.1) is 0 Å². The minimum atomic E-state index is 0.582. The van der Waals surface area contributed by atoms with Crippen molar-refractivity contribution in [1.82, 2.24) is 9.13 Å². The predicted octanol–water partition coefficient (Wildman–Crippen LogP) is 11.0. The van der Waals surface area contributed by atoms with E-state index in [4.69, 9.17) is 0 Å². The van der Waals surface area contributed by atoms with Crippen molar-refractivity contribution < 1.29 is 0 Å². The Hall–Kier alpha value is -6.88. The van der Waals surface area contributed by atoms with Crippen LogP contribution in [0.15, 0.2) is 158 Å². The molecule has 222 valence electrons. The molecule has 0 atom stereocenters. The third-order valence-corrected chi connectivity index (χ3v) is 9.41. The smallest absolute Gasteiger partial charge is 0.101 e. The predicted molar refractivity (Wildman–Crippen MR) is 195 cm³/mol. The van der Waals surface area contributed by atoms with E-state index in [1.54, 1.807) is 0 Å². The van der Waals surface area contributed by atoms with Gasteiger partial charge in [-0.3, -0.25) is 0 Å². The number of nitriles is 2. The Morgan fingerprint density at radius 1 is 0.375 bits per heavy atom. The zero-order chi connectivity index (χ0) is 32.2. The second-order valence-electron chi connectivity index (χ2n) is 12.0. The SMILES string of the molecule is N#Cc1ccc(-c2cccc(C#N)c2-n2c3ccccc3c3ccccc32)cc1-c1cccc(-n2c3ccccc3c3ccccc32)c1. The Kier molecular flexibility index (Phi) is 6.22. The summed E-state index contributed by atoms with van der Waals surface area (Å²) in [5.74, 6) is 0. The third-order valence-electron chi connectivity index (χ3n) is 9.41. The summed E-state index contributed by atoms with van der Waals surface area (Å²) < 4.78 is 4.50. The Morgan fingerprint density at radius 3 is 1.44 bits per heavy atom. The van der Waals surface area contributed by atoms with Crippen LogP contribution in [-0.2, 0) is 0 Å². The lowest BCUT2D eigenvalue weighted by molar-refractivity contribution is 1.17. The highest BCUT2D eigenvalue weighted by Crippen LogP contribution is 2.40. The summed E-state index contributed by atoms with van der Waals surface area (Å²) in [7, 11) is 0. The maximum absolute atomic E-state index is 10.4. The molecule has 0 aliphatic carbocycles. The lowest BCUT2D eigenvalue weighted by Gasteiger charge is -2.17. The molecular formula is C44H26N4. The quantitative estimate of drug-likeness (QED) is 0.199. The van der Waals surface area contributed by atoms with Crippen LogP contribution in [0.5, 0.6) is 0 Å². The second kappa shape index (κ2) is 10.9. The summed E-state index contributed by atoms with van der Waals surface area (Å²) in [5.41, 5.74) is 11.0. The molecule has 0 aliphatic rings. The fraction of sp³-hybridized carbons (Fsp3) is 0. The highest BCUT2D eigenvalue weighted by Gasteiger charge is 2.20. The first kappa shape index (κ1) is 27.4. The highest BCUT2D eigenvalue weighted by molar-refractivity contribution is 6.10. The molecule has 4 heteroatoms. The monoisotopic (exact) mass is 610 g/mol. The maximum Gasteiger partial charge on any atom is 0.101 e. The van der Waals surface area contributed by atoms with Gasteiger partial charge in [0, 0.05) is 38.4 Å². The van der Waals surface area contributed by atoms with Crippen LogP contribution >= 0.6 is 0 Å². The molecule has 0 saturated heterocycles. The number of hydrogen-bond acceptors (Lipinski definition) is 2. The van der Waals surface area contributed by atoms with Gasteiger partial charge in [-0.25, -0.2) is 0 Å². The van der Waals surface area contributed by atoms with Gasteiger partial charge in [0.15, 0.2) is 0 Å². The molecule has 2 aromatic heterocycles. The normalized spacial score (nSPS) is 11.3. The molecule has 0 spiro atoms. The van der Waals surface area contributed by atoms with Gasteiger partial charge < -0.3 is 9.13 Å². The summed E-state index contributed by atoms with van der Waals surface area (Å²) >= 11 is 0. The molecule has 0 unspecified atom stereocenters.